The van der Waals surface area contributed by atoms with E-state index in [0.717, 1.165) is 0 Å². The van der Waals surface area contributed by atoms with Crippen molar-refractivity contribution in [1.29, 1.82) is 0 Å². The molecule has 2 N–H and O–H groups in total. The van der Waals surface area contributed by atoms with E-state index in [1.165, 1.54) is 13.2 Å². The molecule has 2 aromatic carbocycles. The second-order valence-corrected chi connectivity index (χ2v) is 6.24. The molecule has 1 heterocycles. The smallest absolute Gasteiger partial charge is 0.255 e. The molecule has 0 unspecified atom stereocenters. The van der Waals surface area contributed by atoms with Gasteiger partial charge in [-0.05, 0) is 42.5 Å². The number of carbonyl (C=O) groups excluding carboxylic acids is 1. The van der Waals surface area contributed by atoms with Crippen molar-refractivity contribution in [2.75, 3.05) is 12.4 Å². The lowest BCUT2D eigenvalue weighted by Gasteiger charge is -2.11. The van der Waals surface area contributed by atoms with E-state index in [2.05, 4.69) is 5.32 Å². The van der Waals surface area contributed by atoms with Gasteiger partial charge in [-0.25, -0.2) is 0 Å². The van der Waals surface area contributed by atoms with Gasteiger partial charge in [-0.2, -0.15) is 0 Å². The lowest BCUT2D eigenvalue weighted by atomic mass is 10.1. The Morgan fingerprint density at radius 2 is 1.92 bits per heavy atom. The largest absolute Gasteiger partial charge is 0.496 e. The molecular weight excluding hydrogens is 377 g/mol. The highest BCUT2D eigenvalue weighted by atomic mass is 35.5. The van der Waals surface area contributed by atoms with Crippen molar-refractivity contribution < 1.29 is 19.1 Å². The molecule has 5 nitrogen and oxygen atoms in total. The number of hydrogen-bond acceptors (Lipinski definition) is 4. The summed E-state index contributed by atoms with van der Waals surface area (Å²) in [4.78, 5) is 12.4. The molecule has 0 saturated carbocycles. The van der Waals surface area contributed by atoms with Crippen molar-refractivity contribution in [2.24, 2.45) is 0 Å². The number of furan rings is 1. The summed E-state index contributed by atoms with van der Waals surface area (Å²) in [5.74, 6) is 1.22. The Morgan fingerprint density at radius 3 is 2.58 bits per heavy atom. The normalized spacial score (nSPS) is 10.6. The maximum absolute atomic E-state index is 12.4. The predicted octanol–water partition coefficient (Wildman–Crippen LogP) is 5.01. The SMILES string of the molecule is COc1cc(NC(=O)c2ccc(Cl)c(Cl)c2)ccc1-c1ccc(CO)o1. The number of benzene rings is 2. The molecule has 0 aliphatic rings. The molecule has 0 radical (unpaired) electrons. The van der Waals surface area contributed by atoms with E-state index in [0.29, 0.717) is 44.1 Å². The van der Waals surface area contributed by atoms with Crippen molar-refractivity contribution in [3.8, 4) is 17.1 Å². The number of halogens is 2. The monoisotopic (exact) mass is 391 g/mol. The Kier molecular flexibility index (Phi) is 5.52. The summed E-state index contributed by atoms with van der Waals surface area (Å²) in [5, 5.41) is 12.6. The highest BCUT2D eigenvalue weighted by Gasteiger charge is 2.13. The van der Waals surface area contributed by atoms with Crippen LogP contribution in [0.1, 0.15) is 16.1 Å². The van der Waals surface area contributed by atoms with Crippen LogP contribution < -0.4 is 10.1 Å². The Bertz CT molecular complexity index is 952. The van der Waals surface area contributed by atoms with E-state index in [1.54, 1.807) is 42.5 Å². The van der Waals surface area contributed by atoms with Crippen LogP contribution in [0, 0.1) is 0 Å². The van der Waals surface area contributed by atoms with Gasteiger partial charge < -0.3 is 19.6 Å². The summed E-state index contributed by atoms with van der Waals surface area (Å²) in [6.07, 6.45) is 0. The third kappa shape index (κ3) is 3.85. The first kappa shape index (κ1) is 18.3. The molecular formula is C19H15Cl2NO4. The second-order valence-electron chi connectivity index (χ2n) is 5.42. The van der Waals surface area contributed by atoms with Crippen molar-refractivity contribution in [1.82, 2.24) is 0 Å². The Balaban J connectivity index is 1.84. The highest BCUT2D eigenvalue weighted by Crippen LogP contribution is 2.34. The summed E-state index contributed by atoms with van der Waals surface area (Å²) in [6, 6.07) is 13.3. The number of methoxy groups -OCH3 is 1. The van der Waals surface area contributed by atoms with Crippen molar-refractivity contribution in [2.45, 2.75) is 6.61 Å². The number of carbonyl (C=O) groups is 1. The van der Waals surface area contributed by atoms with Crippen LogP contribution in [0.15, 0.2) is 52.9 Å². The van der Waals surface area contributed by atoms with Crippen LogP contribution in [-0.2, 0) is 6.61 Å². The van der Waals surface area contributed by atoms with Crippen LogP contribution in [0.5, 0.6) is 5.75 Å². The molecule has 26 heavy (non-hydrogen) atoms. The van der Waals surface area contributed by atoms with Crippen LogP contribution in [0.25, 0.3) is 11.3 Å². The van der Waals surface area contributed by atoms with E-state index < -0.39 is 0 Å². The maximum atomic E-state index is 12.4. The fourth-order valence-electron chi connectivity index (χ4n) is 2.42. The van der Waals surface area contributed by atoms with Gasteiger partial charge in [-0.15, -0.1) is 0 Å². The van der Waals surface area contributed by atoms with Gasteiger partial charge in [0.2, 0.25) is 0 Å². The zero-order valence-electron chi connectivity index (χ0n) is 13.8. The number of anilines is 1. The summed E-state index contributed by atoms with van der Waals surface area (Å²) >= 11 is 11.8. The molecule has 1 aromatic heterocycles. The molecule has 0 spiro atoms. The second kappa shape index (κ2) is 7.83. The van der Waals surface area contributed by atoms with Gasteiger partial charge in [0.05, 0.1) is 22.7 Å². The first-order chi connectivity index (χ1) is 12.5. The number of rotatable bonds is 5. The number of aliphatic hydroxyl groups is 1. The molecule has 1 amide bonds. The average Bonchev–Trinajstić information content (AvgIpc) is 3.12. The molecule has 0 aliphatic carbocycles. The quantitative estimate of drug-likeness (QED) is 0.641. The van der Waals surface area contributed by atoms with E-state index in [-0.39, 0.29) is 12.5 Å². The molecule has 134 valence electrons. The van der Waals surface area contributed by atoms with Gasteiger partial charge in [-0.3, -0.25) is 4.79 Å². The first-order valence-electron chi connectivity index (χ1n) is 7.66. The van der Waals surface area contributed by atoms with Crippen molar-refractivity contribution >= 4 is 34.8 Å². The number of aliphatic hydroxyl groups excluding tert-OH is 1. The van der Waals surface area contributed by atoms with Crippen molar-refractivity contribution in [3.05, 3.63) is 69.9 Å². The molecule has 0 saturated heterocycles. The van der Waals surface area contributed by atoms with Crippen molar-refractivity contribution in [3.63, 3.8) is 0 Å². The Hall–Kier alpha value is -2.47. The topological polar surface area (TPSA) is 71.7 Å². The minimum absolute atomic E-state index is 0.180. The predicted molar refractivity (Wildman–Crippen MR) is 101 cm³/mol. The zero-order chi connectivity index (χ0) is 18.7. The molecule has 0 bridgehead atoms. The summed E-state index contributed by atoms with van der Waals surface area (Å²) in [7, 11) is 1.53. The summed E-state index contributed by atoms with van der Waals surface area (Å²) in [6.45, 7) is -0.180. The minimum Gasteiger partial charge on any atom is -0.496 e. The minimum atomic E-state index is -0.320. The molecule has 3 aromatic rings. The lowest BCUT2D eigenvalue weighted by molar-refractivity contribution is 0.102. The molecule has 7 heteroatoms. The van der Waals surface area contributed by atoms with E-state index in [4.69, 9.17) is 37.5 Å². The summed E-state index contributed by atoms with van der Waals surface area (Å²) < 4.78 is 10.9. The van der Waals surface area contributed by atoms with Gasteiger partial charge >= 0.3 is 0 Å². The lowest BCUT2D eigenvalue weighted by Crippen LogP contribution is -2.11. The molecule has 0 aliphatic heterocycles. The standard InChI is InChI=1S/C19H15Cl2NO4/c1-25-18-9-12(3-5-14(18)17-7-4-13(10-23)26-17)22-19(24)11-2-6-15(20)16(21)8-11/h2-9,23H,10H2,1H3,(H,22,24). The third-order valence-corrected chi connectivity index (χ3v) is 4.46. The Labute approximate surface area is 160 Å². The number of amides is 1. The summed E-state index contributed by atoms with van der Waals surface area (Å²) in [5.41, 5.74) is 1.65. The van der Waals surface area contributed by atoms with Crippen LogP contribution in [0.3, 0.4) is 0 Å². The van der Waals surface area contributed by atoms with Crippen LogP contribution in [-0.4, -0.2) is 18.1 Å². The van der Waals surface area contributed by atoms with Crippen LogP contribution in [0.4, 0.5) is 5.69 Å². The van der Waals surface area contributed by atoms with Crippen LogP contribution in [0.2, 0.25) is 10.0 Å². The fraction of sp³-hybridized carbons (Fsp3) is 0.105. The van der Waals surface area contributed by atoms with Gasteiger partial charge in [-0.1, -0.05) is 23.2 Å². The molecule has 0 atom stereocenters. The Morgan fingerprint density at radius 1 is 1.12 bits per heavy atom. The zero-order valence-corrected chi connectivity index (χ0v) is 15.3. The van der Waals surface area contributed by atoms with Crippen LogP contribution >= 0.6 is 23.2 Å². The van der Waals surface area contributed by atoms with E-state index >= 15 is 0 Å². The van der Waals surface area contributed by atoms with Gasteiger partial charge in [0.1, 0.15) is 23.9 Å². The number of hydrogen-bond donors (Lipinski definition) is 2. The van der Waals surface area contributed by atoms with E-state index in [1.807, 2.05) is 0 Å². The number of nitrogens with one attached hydrogen (secondary N) is 1. The molecule has 3 rings (SSSR count). The van der Waals surface area contributed by atoms with E-state index in [9.17, 15) is 4.79 Å². The highest BCUT2D eigenvalue weighted by molar-refractivity contribution is 6.42. The first-order valence-corrected chi connectivity index (χ1v) is 8.42. The maximum Gasteiger partial charge on any atom is 0.255 e. The fourth-order valence-corrected chi connectivity index (χ4v) is 2.72. The third-order valence-electron chi connectivity index (χ3n) is 3.72. The van der Waals surface area contributed by atoms with Gasteiger partial charge in [0, 0.05) is 17.3 Å². The van der Waals surface area contributed by atoms with Gasteiger partial charge in [0.15, 0.2) is 0 Å². The van der Waals surface area contributed by atoms with Gasteiger partial charge in [0.25, 0.3) is 5.91 Å². The number of ether oxygens (including phenoxy) is 1. The molecule has 0 fully saturated rings. The average molecular weight is 392 g/mol.